The molecule has 0 atom stereocenters. The predicted octanol–water partition coefficient (Wildman–Crippen LogP) is 4.05. The van der Waals surface area contributed by atoms with Crippen LogP contribution in [0.1, 0.15) is 10.4 Å². The Hall–Kier alpha value is -3.80. The maximum Gasteiger partial charge on any atom is 0.260 e. The van der Waals surface area contributed by atoms with E-state index in [2.05, 4.69) is 20.4 Å². The summed E-state index contributed by atoms with van der Waals surface area (Å²) in [4.78, 5) is 20.9. The first-order valence-electron chi connectivity index (χ1n) is 8.01. The van der Waals surface area contributed by atoms with Crippen LogP contribution in [0.2, 0.25) is 0 Å². The van der Waals surface area contributed by atoms with E-state index in [9.17, 15) is 4.79 Å². The molecule has 0 aliphatic rings. The number of nitrogens with zero attached hydrogens (tertiary/aromatic N) is 3. The number of benzene rings is 2. The molecular formula is C20H14N4O2. The lowest BCUT2D eigenvalue weighted by Gasteiger charge is -2.08. The Labute approximate surface area is 149 Å². The summed E-state index contributed by atoms with van der Waals surface area (Å²) >= 11 is 0. The second-order valence-corrected chi connectivity index (χ2v) is 5.52. The van der Waals surface area contributed by atoms with Crippen molar-refractivity contribution in [1.29, 1.82) is 0 Å². The number of para-hydroxylation sites is 1. The first-order chi connectivity index (χ1) is 12.8. The topological polar surface area (TPSA) is 80.9 Å². The fourth-order valence-electron chi connectivity index (χ4n) is 2.51. The third-order valence-electron chi connectivity index (χ3n) is 3.81. The number of carbonyl (C=O) groups is 1. The molecule has 0 unspecified atom stereocenters. The number of pyridine rings is 1. The number of amides is 1. The smallest absolute Gasteiger partial charge is 0.260 e. The highest BCUT2D eigenvalue weighted by Gasteiger charge is 2.15. The molecule has 4 rings (SSSR count). The van der Waals surface area contributed by atoms with Crippen molar-refractivity contribution in [3.8, 4) is 22.8 Å². The molecule has 0 bridgehead atoms. The number of rotatable bonds is 4. The van der Waals surface area contributed by atoms with Crippen LogP contribution < -0.4 is 5.32 Å². The van der Waals surface area contributed by atoms with Crippen molar-refractivity contribution in [1.82, 2.24) is 15.1 Å². The Morgan fingerprint density at radius 1 is 0.885 bits per heavy atom. The van der Waals surface area contributed by atoms with Gasteiger partial charge in [-0.3, -0.25) is 9.78 Å². The molecule has 0 aliphatic heterocycles. The highest BCUT2D eigenvalue weighted by atomic mass is 16.5. The summed E-state index contributed by atoms with van der Waals surface area (Å²) in [7, 11) is 0. The van der Waals surface area contributed by atoms with E-state index in [0.717, 1.165) is 5.56 Å². The second kappa shape index (κ2) is 6.98. The van der Waals surface area contributed by atoms with Gasteiger partial charge < -0.3 is 9.84 Å². The first kappa shape index (κ1) is 15.7. The van der Waals surface area contributed by atoms with E-state index in [1.807, 2.05) is 36.4 Å². The van der Waals surface area contributed by atoms with Gasteiger partial charge in [-0.1, -0.05) is 35.5 Å². The quantitative estimate of drug-likeness (QED) is 0.605. The zero-order chi connectivity index (χ0) is 17.8. The lowest BCUT2D eigenvalue weighted by molar-refractivity contribution is 0.102. The van der Waals surface area contributed by atoms with Crippen LogP contribution >= 0.6 is 0 Å². The second-order valence-electron chi connectivity index (χ2n) is 5.52. The molecule has 2 aromatic heterocycles. The summed E-state index contributed by atoms with van der Waals surface area (Å²) in [6, 6.07) is 19.9. The lowest BCUT2D eigenvalue weighted by Crippen LogP contribution is -2.12. The van der Waals surface area contributed by atoms with Crippen molar-refractivity contribution >= 4 is 11.6 Å². The summed E-state index contributed by atoms with van der Waals surface area (Å²) < 4.78 is 5.40. The molecule has 6 heteroatoms. The summed E-state index contributed by atoms with van der Waals surface area (Å²) in [6.45, 7) is 0. The number of carbonyl (C=O) groups excluding carboxylic acids is 1. The van der Waals surface area contributed by atoms with E-state index in [1.54, 1.807) is 42.7 Å². The molecule has 2 heterocycles. The maximum absolute atomic E-state index is 12.4. The van der Waals surface area contributed by atoms with E-state index in [4.69, 9.17) is 4.52 Å². The Morgan fingerprint density at radius 3 is 2.42 bits per heavy atom. The molecule has 6 nitrogen and oxygen atoms in total. The minimum Gasteiger partial charge on any atom is -0.334 e. The van der Waals surface area contributed by atoms with E-state index < -0.39 is 0 Å². The van der Waals surface area contributed by atoms with Gasteiger partial charge in [-0.05, 0) is 36.4 Å². The molecule has 26 heavy (non-hydrogen) atoms. The Kier molecular flexibility index (Phi) is 4.22. The van der Waals surface area contributed by atoms with Crippen molar-refractivity contribution in [2.24, 2.45) is 0 Å². The summed E-state index contributed by atoms with van der Waals surface area (Å²) in [5.74, 6) is 0.597. The normalized spacial score (nSPS) is 10.5. The van der Waals surface area contributed by atoms with Crippen molar-refractivity contribution in [2.45, 2.75) is 0 Å². The zero-order valence-electron chi connectivity index (χ0n) is 13.7. The fraction of sp³-hybridized carbons (Fsp3) is 0. The summed E-state index contributed by atoms with van der Waals surface area (Å²) in [5, 5.41) is 6.91. The van der Waals surface area contributed by atoms with Crippen LogP contribution in [0.15, 0.2) is 83.6 Å². The van der Waals surface area contributed by atoms with Crippen LogP contribution in [0.5, 0.6) is 0 Å². The van der Waals surface area contributed by atoms with Crippen molar-refractivity contribution in [3.05, 3.63) is 84.7 Å². The van der Waals surface area contributed by atoms with Gasteiger partial charge in [0.1, 0.15) is 0 Å². The van der Waals surface area contributed by atoms with Crippen LogP contribution in [0.25, 0.3) is 22.8 Å². The highest BCUT2D eigenvalue weighted by Crippen LogP contribution is 2.28. The van der Waals surface area contributed by atoms with Crippen LogP contribution in [0, 0.1) is 0 Å². The molecule has 126 valence electrons. The van der Waals surface area contributed by atoms with Gasteiger partial charge >= 0.3 is 0 Å². The Morgan fingerprint density at radius 2 is 1.62 bits per heavy atom. The minimum absolute atomic E-state index is 0.202. The average Bonchev–Trinajstić information content (AvgIpc) is 3.20. The van der Waals surface area contributed by atoms with Gasteiger partial charge in [-0.2, -0.15) is 4.98 Å². The summed E-state index contributed by atoms with van der Waals surface area (Å²) in [5.41, 5.74) is 2.64. The van der Waals surface area contributed by atoms with Gasteiger partial charge in [-0.25, -0.2) is 0 Å². The summed E-state index contributed by atoms with van der Waals surface area (Å²) in [6.07, 6.45) is 3.33. The largest absolute Gasteiger partial charge is 0.334 e. The Balaban J connectivity index is 1.64. The molecule has 0 saturated heterocycles. The van der Waals surface area contributed by atoms with E-state index in [1.165, 1.54) is 0 Å². The van der Waals surface area contributed by atoms with Gasteiger partial charge in [-0.15, -0.1) is 0 Å². The van der Waals surface area contributed by atoms with Gasteiger partial charge in [0.05, 0.1) is 11.3 Å². The molecule has 4 aromatic rings. The molecule has 0 spiro atoms. The number of hydrogen-bond donors (Lipinski definition) is 1. The van der Waals surface area contributed by atoms with Gasteiger partial charge in [0.15, 0.2) is 0 Å². The van der Waals surface area contributed by atoms with Gasteiger partial charge in [0.25, 0.3) is 11.8 Å². The third-order valence-corrected chi connectivity index (χ3v) is 3.81. The molecule has 1 amide bonds. The molecule has 0 radical (unpaired) electrons. The third kappa shape index (κ3) is 3.21. The lowest BCUT2D eigenvalue weighted by atomic mass is 10.1. The monoisotopic (exact) mass is 342 g/mol. The number of aromatic nitrogens is 3. The van der Waals surface area contributed by atoms with E-state index in [-0.39, 0.29) is 5.91 Å². The molecule has 0 saturated carbocycles. The van der Waals surface area contributed by atoms with Crippen LogP contribution in [-0.2, 0) is 0 Å². The number of nitrogens with one attached hydrogen (secondary N) is 1. The van der Waals surface area contributed by atoms with Gasteiger partial charge in [0, 0.05) is 23.5 Å². The standard InChI is InChI=1S/C20H14N4O2/c25-19(15-6-2-1-3-7-15)22-17-9-5-4-8-16(17)20-23-18(24-26-20)14-10-12-21-13-11-14/h1-13H,(H,22,25). The number of anilines is 1. The van der Waals surface area contributed by atoms with Crippen molar-refractivity contribution in [3.63, 3.8) is 0 Å². The van der Waals surface area contributed by atoms with Crippen LogP contribution in [-0.4, -0.2) is 21.0 Å². The van der Waals surface area contributed by atoms with E-state index >= 15 is 0 Å². The number of hydrogen-bond acceptors (Lipinski definition) is 5. The molecule has 2 aromatic carbocycles. The van der Waals surface area contributed by atoms with Gasteiger partial charge in [0.2, 0.25) is 5.82 Å². The van der Waals surface area contributed by atoms with Crippen LogP contribution in [0.4, 0.5) is 5.69 Å². The fourth-order valence-corrected chi connectivity index (χ4v) is 2.51. The maximum atomic E-state index is 12.4. The highest BCUT2D eigenvalue weighted by molar-refractivity contribution is 6.05. The molecule has 0 aliphatic carbocycles. The predicted molar refractivity (Wildman–Crippen MR) is 97.4 cm³/mol. The van der Waals surface area contributed by atoms with Crippen molar-refractivity contribution in [2.75, 3.05) is 5.32 Å². The molecular weight excluding hydrogens is 328 g/mol. The van der Waals surface area contributed by atoms with Crippen molar-refractivity contribution < 1.29 is 9.32 Å². The van der Waals surface area contributed by atoms with E-state index in [0.29, 0.717) is 28.5 Å². The average molecular weight is 342 g/mol. The minimum atomic E-state index is -0.202. The molecule has 1 N–H and O–H groups in total. The van der Waals surface area contributed by atoms with Crippen LogP contribution in [0.3, 0.4) is 0 Å². The SMILES string of the molecule is O=C(Nc1ccccc1-c1nc(-c2ccncc2)no1)c1ccccc1. The Bertz CT molecular complexity index is 1030. The first-order valence-corrected chi connectivity index (χ1v) is 8.01. The molecule has 0 fully saturated rings. The zero-order valence-corrected chi connectivity index (χ0v) is 13.7.